The number of rotatable bonds is 7. The number of amides is 2. The van der Waals surface area contributed by atoms with Gasteiger partial charge in [-0.05, 0) is 50.0 Å². The summed E-state index contributed by atoms with van der Waals surface area (Å²) in [5.74, 6) is -0.196. The lowest BCUT2D eigenvalue weighted by molar-refractivity contribution is -0.135. The van der Waals surface area contributed by atoms with Gasteiger partial charge in [0.25, 0.3) is 0 Å². The maximum Gasteiger partial charge on any atom is 0.242 e. The normalized spacial score (nSPS) is 16.2. The van der Waals surface area contributed by atoms with Crippen molar-refractivity contribution in [1.29, 1.82) is 0 Å². The van der Waals surface area contributed by atoms with E-state index in [1.165, 1.54) is 0 Å². The zero-order valence-electron chi connectivity index (χ0n) is 16.5. The number of nitrogens with zero attached hydrogens (tertiary/aromatic N) is 2. The molecule has 2 heterocycles. The fourth-order valence-electron chi connectivity index (χ4n) is 3.52. The molecule has 1 aromatic heterocycles. The topological polar surface area (TPSA) is 74.3 Å². The summed E-state index contributed by atoms with van der Waals surface area (Å²) in [6.45, 7) is 2.37. The first-order valence-corrected chi connectivity index (χ1v) is 9.93. The summed E-state index contributed by atoms with van der Waals surface area (Å²) >= 11 is 0. The zero-order chi connectivity index (χ0) is 19.6. The molecular weight excluding hydrogens is 388 g/mol. The minimum atomic E-state index is -0.139. The molecule has 156 valence electrons. The molecule has 1 fully saturated rings. The molecule has 1 aliphatic rings. The second-order valence-electron chi connectivity index (χ2n) is 7.12. The van der Waals surface area contributed by atoms with Gasteiger partial charge in [0, 0.05) is 12.2 Å². The minimum absolute atomic E-state index is 0. The Hall–Kier alpha value is -2.44. The van der Waals surface area contributed by atoms with Crippen LogP contribution in [0.2, 0.25) is 0 Å². The molecule has 1 aromatic carbocycles. The Morgan fingerprint density at radius 2 is 1.86 bits per heavy atom. The highest BCUT2D eigenvalue weighted by atomic mass is 35.5. The molecule has 0 bridgehead atoms. The summed E-state index contributed by atoms with van der Waals surface area (Å²) in [7, 11) is 0. The van der Waals surface area contributed by atoms with Crippen molar-refractivity contribution in [3.05, 3.63) is 66.0 Å². The van der Waals surface area contributed by atoms with Crippen LogP contribution in [0.4, 0.5) is 0 Å². The Kier molecular flexibility index (Phi) is 9.60. The molecule has 3 rings (SSSR count). The number of pyridine rings is 1. The molecule has 0 spiro atoms. The van der Waals surface area contributed by atoms with Crippen molar-refractivity contribution in [2.24, 2.45) is 0 Å². The summed E-state index contributed by atoms with van der Waals surface area (Å²) < 4.78 is 0. The monoisotopic (exact) mass is 416 g/mol. The van der Waals surface area contributed by atoms with E-state index < -0.39 is 0 Å². The molecule has 7 heteroatoms. The van der Waals surface area contributed by atoms with E-state index in [2.05, 4.69) is 15.6 Å². The predicted octanol–water partition coefficient (Wildman–Crippen LogP) is 2.33. The molecule has 0 saturated carbocycles. The summed E-state index contributed by atoms with van der Waals surface area (Å²) in [6.07, 6.45) is 4.94. The van der Waals surface area contributed by atoms with Gasteiger partial charge in [0.15, 0.2) is 0 Å². The molecule has 0 radical (unpaired) electrons. The van der Waals surface area contributed by atoms with Gasteiger partial charge in [-0.25, -0.2) is 0 Å². The highest BCUT2D eigenvalue weighted by Crippen LogP contribution is 2.16. The Bertz CT molecular complexity index is 750. The Balaban J connectivity index is 0.00000300. The number of benzene rings is 1. The van der Waals surface area contributed by atoms with Crippen LogP contribution in [0.1, 0.15) is 30.5 Å². The van der Waals surface area contributed by atoms with Gasteiger partial charge >= 0.3 is 0 Å². The van der Waals surface area contributed by atoms with E-state index in [9.17, 15) is 9.59 Å². The van der Waals surface area contributed by atoms with E-state index in [1.807, 2.05) is 53.4 Å². The second kappa shape index (κ2) is 12.2. The number of hydrogen-bond acceptors (Lipinski definition) is 4. The first-order valence-electron chi connectivity index (χ1n) is 9.93. The number of carbonyl (C=O) groups is 2. The summed E-state index contributed by atoms with van der Waals surface area (Å²) in [6, 6.07) is 15.4. The van der Waals surface area contributed by atoms with E-state index in [4.69, 9.17) is 0 Å². The first-order chi connectivity index (χ1) is 13.7. The van der Waals surface area contributed by atoms with Crippen molar-refractivity contribution in [3.8, 4) is 0 Å². The van der Waals surface area contributed by atoms with Gasteiger partial charge in [-0.2, -0.15) is 0 Å². The van der Waals surface area contributed by atoms with Gasteiger partial charge in [0.1, 0.15) is 0 Å². The Morgan fingerprint density at radius 1 is 1.07 bits per heavy atom. The van der Waals surface area contributed by atoms with Gasteiger partial charge in [-0.1, -0.05) is 36.4 Å². The van der Waals surface area contributed by atoms with Crippen LogP contribution in [0.5, 0.6) is 0 Å². The fourth-order valence-corrected chi connectivity index (χ4v) is 3.52. The standard InChI is InChI=1S/C22H28N4O2.ClH/c27-21(15-18-7-2-1-3-8-18)25-16-22(28)26(17-19-9-4-5-13-24-19)20-10-6-12-23-14-11-20;/h1-5,7-9,13,20,23H,6,10-12,14-17H2,(H,25,27);1H. The average molecular weight is 417 g/mol. The molecular formula is C22H29ClN4O2. The van der Waals surface area contributed by atoms with Crippen molar-refractivity contribution < 1.29 is 9.59 Å². The van der Waals surface area contributed by atoms with Crippen molar-refractivity contribution in [3.63, 3.8) is 0 Å². The summed E-state index contributed by atoms with van der Waals surface area (Å²) in [5.41, 5.74) is 1.80. The highest BCUT2D eigenvalue weighted by Gasteiger charge is 2.25. The van der Waals surface area contributed by atoms with E-state index in [0.717, 1.165) is 43.6 Å². The van der Waals surface area contributed by atoms with Crippen molar-refractivity contribution in [2.45, 2.75) is 38.3 Å². The lowest BCUT2D eigenvalue weighted by Gasteiger charge is -2.31. The van der Waals surface area contributed by atoms with Crippen LogP contribution >= 0.6 is 12.4 Å². The minimum Gasteiger partial charge on any atom is -0.347 e. The molecule has 2 amide bonds. The van der Waals surface area contributed by atoms with E-state index in [-0.39, 0.29) is 43.2 Å². The van der Waals surface area contributed by atoms with Crippen molar-refractivity contribution in [1.82, 2.24) is 20.5 Å². The number of aromatic nitrogens is 1. The Morgan fingerprint density at radius 3 is 2.62 bits per heavy atom. The summed E-state index contributed by atoms with van der Waals surface area (Å²) in [5, 5.41) is 6.17. The molecule has 6 nitrogen and oxygen atoms in total. The van der Waals surface area contributed by atoms with Crippen LogP contribution in [0.15, 0.2) is 54.7 Å². The highest BCUT2D eigenvalue weighted by molar-refractivity contribution is 5.86. The quantitative estimate of drug-likeness (QED) is 0.726. The lowest BCUT2D eigenvalue weighted by Crippen LogP contribution is -2.45. The molecule has 1 atom stereocenters. The maximum absolute atomic E-state index is 13.0. The van der Waals surface area contributed by atoms with Gasteiger partial charge in [-0.15, -0.1) is 12.4 Å². The largest absolute Gasteiger partial charge is 0.347 e. The number of nitrogens with one attached hydrogen (secondary N) is 2. The number of halogens is 1. The fraction of sp³-hybridized carbons (Fsp3) is 0.409. The van der Waals surface area contributed by atoms with Crippen LogP contribution in [0.3, 0.4) is 0 Å². The zero-order valence-corrected chi connectivity index (χ0v) is 17.4. The van der Waals surface area contributed by atoms with E-state index in [0.29, 0.717) is 6.54 Å². The summed E-state index contributed by atoms with van der Waals surface area (Å²) in [4.78, 5) is 31.5. The smallest absolute Gasteiger partial charge is 0.242 e. The molecule has 0 aliphatic carbocycles. The molecule has 29 heavy (non-hydrogen) atoms. The third-order valence-corrected chi connectivity index (χ3v) is 5.01. The van der Waals surface area contributed by atoms with Gasteiger partial charge in [-0.3, -0.25) is 14.6 Å². The van der Waals surface area contributed by atoms with Gasteiger partial charge in [0.05, 0.1) is 25.2 Å². The number of carbonyl (C=O) groups excluding carboxylic acids is 2. The van der Waals surface area contributed by atoms with E-state index >= 15 is 0 Å². The van der Waals surface area contributed by atoms with Gasteiger partial charge < -0.3 is 15.5 Å². The maximum atomic E-state index is 13.0. The van der Waals surface area contributed by atoms with Crippen molar-refractivity contribution in [2.75, 3.05) is 19.6 Å². The van der Waals surface area contributed by atoms with Crippen LogP contribution in [0, 0.1) is 0 Å². The molecule has 1 aliphatic heterocycles. The number of hydrogen-bond donors (Lipinski definition) is 2. The molecule has 2 aromatic rings. The SMILES string of the molecule is Cl.O=C(Cc1ccccc1)NCC(=O)N(Cc1ccccn1)C1CCCNCC1. The third kappa shape index (κ3) is 7.48. The third-order valence-electron chi connectivity index (χ3n) is 5.01. The van der Waals surface area contributed by atoms with Crippen LogP contribution in [0.25, 0.3) is 0 Å². The Labute approximate surface area is 178 Å². The van der Waals surface area contributed by atoms with Crippen LogP contribution < -0.4 is 10.6 Å². The first kappa shape index (κ1) is 22.8. The molecule has 1 unspecified atom stereocenters. The average Bonchev–Trinajstić information content (AvgIpc) is 3.01. The molecule has 1 saturated heterocycles. The van der Waals surface area contributed by atoms with Crippen LogP contribution in [-0.4, -0.2) is 47.4 Å². The van der Waals surface area contributed by atoms with Crippen molar-refractivity contribution >= 4 is 24.2 Å². The predicted molar refractivity (Wildman–Crippen MR) is 116 cm³/mol. The van der Waals surface area contributed by atoms with Crippen LogP contribution in [-0.2, 0) is 22.6 Å². The van der Waals surface area contributed by atoms with Gasteiger partial charge in [0.2, 0.25) is 11.8 Å². The molecule has 2 N–H and O–H groups in total. The van der Waals surface area contributed by atoms with E-state index in [1.54, 1.807) is 6.20 Å². The second-order valence-corrected chi connectivity index (χ2v) is 7.12. The lowest BCUT2D eigenvalue weighted by atomic mass is 10.1.